The molecule has 0 saturated heterocycles. The number of aromatic nitrogens is 5. The van der Waals surface area contributed by atoms with Crippen molar-refractivity contribution in [2.75, 3.05) is 4.72 Å². The smallest absolute Gasteiger partial charge is 0.262 e. The third-order valence-corrected chi connectivity index (χ3v) is 4.85. The van der Waals surface area contributed by atoms with Gasteiger partial charge in [-0.3, -0.25) is 14.4 Å². The zero-order valence-corrected chi connectivity index (χ0v) is 13.8. The molecule has 0 fully saturated rings. The van der Waals surface area contributed by atoms with Crippen LogP contribution in [-0.4, -0.2) is 33.4 Å². The number of nitrogens with one attached hydrogen (secondary N) is 2. The molecule has 22 heavy (non-hydrogen) atoms. The maximum absolute atomic E-state index is 12.5. The van der Waals surface area contributed by atoms with Crippen LogP contribution in [0, 0.1) is 6.92 Å². The first kappa shape index (κ1) is 14.7. The first-order valence-corrected chi connectivity index (χ1v) is 8.43. The summed E-state index contributed by atoms with van der Waals surface area (Å²) in [5.41, 5.74) is 0.937. The van der Waals surface area contributed by atoms with Crippen LogP contribution in [0.15, 0.2) is 46.3 Å². The van der Waals surface area contributed by atoms with E-state index in [2.05, 4.69) is 41.0 Å². The van der Waals surface area contributed by atoms with Crippen LogP contribution >= 0.6 is 15.9 Å². The first-order valence-electron chi connectivity index (χ1n) is 6.16. The Bertz CT molecular complexity index is 886. The van der Waals surface area contributed by atoms with E-state index in [-0.39, 0.29) is 4.90 Å². The van der Waals surface area contributed by atoms with Crippen molar-refractivity contribution < 1.29 is 8.42 Å². The van der Waals surface area contributed by atoms with Crippen molar-refractivity contribution in [1.82, 2.24) is 25.0 Å². The largest absolute Gasteiger partial charge is 0.279 e. The van der Waals surface area contributed by atoms with Gasteiger partial charge in [-0.1, -0.05) is 15.9 Å². The van der Waals surface area contributed by atoms with Crippen molar-refractivity contribution in [2.24, 2.45) is 0 Å². The third kappa shape index (κ3) is 2.74. The molecule has 0 unspecified atom stereocenters. The molecular formula is C12H11BrN6O2S. The number of H-pyrrole nitrogens is 1. The Kier molecular flexibility index (Phi) is 3.71. The van der Waals surface area contributed by atoms with Crippen LogP contribution in [-0.2, 0) is 10.0 Å². The molecule has 0 atom stereocenters. The SMILES string of the molecule is Cc1[nH]nc(-n2cnnc2)c1NS(=O)(=O)c1ccc(Br)cc1. The van der Waals surface area contributed by atoms with E-state index in [9.17, 15) is 8.42 Å². The highest BCUT2D eigenvalue weighted by molar-refractivity contribution is 9.10. The summed E-state index contributed by atoms with van der Waals surface area (Å²) in [6.07, 6.45) is 2.88. The molecule has 0 aliphatic rings. The molecule has 3 rings (SSSR count). The topological polar surface area (TPSA) is 106 Å². The first-order chi connectivity index (χ1) is 10.5. The van der Waals surface area contributed by atoms with E-state index >= 15 is 0 Å². The summed E-state index contributed by atoms with van der Waals surface area (Å²) < 4.78 is 29.8. The number of aryl methyl sites for hydroxylation is 1. The number of hydrogen-bond donors (Lipinski definition) is 2. The summed E-state index contributed by atoms with van der Waals surface area (Å²) in [7, 11) is -3.72. The quantitative estimate of drug-likeness (QED) is 0.716. The number of anilines is 1. The average molecular weight is 383 g/mol. The molecule has 10 heteroatoms. The second-order valence-electron chi connectivity index (χ2n) is 4.48. The fourth-order valence-electron chi connectivity index (χ4n) is 1.84. The van der Waals surface area contributed by atoms with Gasteiger partial charge in [-0.2, -0.15) is 5.10 Å². The van der Waals surface area contributed by atoms with Gasteiger partial charge in [0.1, 0.15) is 18.3 Å². The standard InChI is InChI=1S/C12H11BrN6O2S/c1-8-11(12(17-16-8)19-6-14-15-7-19)18-22(20,21)10-4-2-9(13)3-5-10/h2-7,18H,1H3,(H,16,17). The van der Waals surface area contributed by atoms with Crippen molar-refractivity contribution in [3.63, 3.8) is 0 Å². The minimum Gasteiger partial charge on any atom is -0.279 e. The predicted molar refractivity (Wildman–Crippen MR) is 83.2 cm³/mol. The Balaban J connectivity index is 2.00. The molecule has 1 aromatic carbocycles. The molecule has 2 N–H and O–H groups in total. The second kappa shape index (κ2) is 5.54. The summed E-state index contributed by atoms with van der Waals surface area (Å²) in [5, 5.41) is 14.2. The number of benzene rings is 1. The predicted octanol–water partition coefficient (Wildman–Crippen LogP) is 1.86. The number of aromatic amines is 1. The van der Waals surface area contributed by atoms with Crippen molar-refractivity contribution in [2.45, 2.75) is 11.8 Å². The lowest BCUT2D eigenvalue weighted by atomic mass is 10.4. The number of halogens is 1. The molecule has 2 aromatic heterocycles. The Morgan fingerprint density at radius 1 is 1.18 bits per heavy atom. The van der Waals surface area contributed by atoms with Crippen LogP contribution in [0.1, 0.15) is 5.69 Å². The van der Waals surface area contributed by atoms with Crippen LogP contribution in [0.4, 0.5) is 5.69 Å². The zero-order valence-electron chi connectivity index (χ0n) is 11.4. The fourth-order valence-corrected chi connectivity index (χ4v) is 3.23. The summed E-state index contributed by atoms with van der Waals surface area (Å²) >= 11 is 3.27. The van der Waals surface area contributed by atoms with Gasteiger partial charge in [0, 0.05) is 4.47 Å². The highest BCUT2D eigenvalue weighted by atomic mass is 79.9. The Morgan fingerprint density at radius 2 is 1.82 bits per heavy atom. The van der Waals surface area contributed by atoms with Gasteiger partial charge in [-0.05, 0) is 31.2 Å². The van der Waals surface area contributed by atoms with Crippen molar-refractivity contribution >= 4 is 31.6 Å². The van der Waals surface area contributed by atoms with Crippen molar-refractivity contribution in [1.29, 1.82) is 0 Å². The molecular weight excluding hydrogens is 372 g/mol. The van der Waals surface area contributed by atoms with Crippen molar-refractivity contribution in [3.8, 4) is 5.82 Å². The maximum atomic E-state index is 12.5. The molecule has 0 spiro atoms. The van der Waals surface area contributed by atoms with Crippen LogP contribution in [0.3, 0.4) is 0 Å². The van der Waals surface area contributed by atoms with E-state index in [1.807, 2.05) is 0 Å². The molecule has 3 aromatic rings. The lowest BCUT2D eigenvalue weighted by molar-refractivity contribution is 0.601. The zero-order chi connectivity index (χ0) is 15.7. The van der Waals surface area contributed by atoms with E-state index in [4.69, 9.17) is 0 Å². The Labute approximate surface area is 134 Å². The minimum atomic E-state index is -3.72. The molecule has 0 amide bonds. The molecule has 0 bridgehead atoms. The molecule has 0 radical (unpaired) electrons. The summed E-state index contributed by atoms with van der Waals surface area (Å²) in [6.45, 7) is 1.72. The number of hydrogen-bond acceptors (Lipinski definition) is 5. The van der Waals surface area contributed by atoms with Crippen LogP contribution in [0.25, 0.3) is 5.82 Å². The highest BCUT2D eigenvalue weighted by Gasteiger charge is 2.20. The summed E-state index contributed by atoms with van der Waals surface area (Å²) in [4.78, 5) is 0.158. The van der Waals surface area contributed by atoms with Gasteiger partial charge in [0.25, 0.3) is 10.0 Å². The monoisotopic (exact) mass is 382 g/mol. The van der Waals surface area contributed by atoms with Crippen LogP contribution in [0.5, 0.6) is 0 Å². The maximum Gasteiger partial charge on any atom is 0.262 e. The molecule has 0 aliphatic carbocycles. The summed E-state index contributed by atoms with van der Waals surface area (Å²) in [5.74, 6) is 0.378. The summed E-state index contributed by atoms with van der Waals surface area (Å²) in [6, 6.07) is 6.36. The number of nitrogens with zero attached hydrogens (tertiary/aromatic N) is 4. The van der Waals surface area contributed by atoms with Gasteiger partial charge in [-0.25, -0.2) is 8.42 Å². The molecule has 0 saturated carbocycles. The van der Waals surface area contributed by atoms with Gasteiger partial charge in [0.2, 0.25) is 0 Å². The molecule has 2 heterocycles. The Morgan fingerprint density at radius 3 is 2.45 bits per heavy atom. The fraction of sp³-hybridized carbons (Fsp3) is 0.0833. The normalized spacial score (nSPS) is 11.5. The highest BCUT2D eigenvalue weighted by Crippen LogP contribution is 2.25. The minimum absolute atomic E-state index is 0.158. The van der Waals surface area contributed by atoms with E-state index in [0.29, 0.717) is 17.2 Å². The van der Waals surface area contributed by atoms with Gasteiger partial charge in [-0.15, -0.1) is 10.2 Å². The van der Waals surface area contributed by atoms with E-state index in [1.54, 1.807) is 19.1 Å². The van der Waals surface area contributed by atoms with Crippen molar-refractivity contribution in [3.05, 3.63) is 47.1 Å². The van der Waals surface area contributed by atoms with Crippen LogP contribution < -0.4 is 4.72 Å². The van der Waals surface area contributed by atoms with E-state index < -0.39 is 10.0 Å². The second-order valence-corrected chi connectivity index (χ2v) is 7.07. The van der Waals surface area contributed by atoms with Gasteiger partial charge in [0.05, 0.1) is 10.6 Å². The lowest BCUT2D eigenvalue weighted by Gasteiger charge is -2.09. The van der Waals surface area contributed by atoms with Gasteiger partial charge >= 0.3 is 0 Å². The molecule has 8 nitrogen and oxygen atoms in total. The number of rotatable bonds is 4. The van der Waals surface area contributed by atoms with E-state index in [1.165, 1.54) is 29.4 Å². The Hall–Kier alpha value is -2.20. The van der Waals surface area contributed by atoms with Gasteiger partial charge in [0.15, 0.2) is 5.82 Å². The average Bonchev–Trinajstić information content (AvgIpc) is 3.10. The number of sulfonamides is 1. The molecule has 0 aliphatic heterocycles. The molecule has 114 valence electrons. The van der Waals surface area contributed by atoms with Gasteiger partial charge < -0.3 is 0 Å². The van der Waals surface area contributed by atoms with E-state index in [0.717, 1.165) is 4.47 Å². The third-order valence-electron chi connectivity index (χ3n) is 2.95. The lowest BCUT2D eigenvalue weighted by Crippen LogP contribution is -2.14. The van der Waals surface area contributed by atoms with Crippen LogP contribution in [0.2, 0.25) is 0 Å².